The van der Waals surface area contributed by atoms with Gasteiger partial charge >= 0.3 is 0 Å². The van der Waals surface area contributed by atoms with Crippen molar-refractivity contribution in [3.8, 4) is 0 Å². The molecule has 0 aromatic rings. The summed E-state index contributed by atoms with van der Waals surface area (Å²) >= 11 is 0. The van der Waals surface area contributed by atoms with Crippen LogP contribution in [0.3, 0.4) is 0 Å². The summed E-state index contributed by atoms with van der Waals surface area (Å²) in [6, 6.07) is 0. The fourth-order valence-corrected chi connectivity index (χ4v) is 3.19. The number of nitrogens with zero attached hydrogens (tertiary/aromatic N) is 2. The van der Waals surface area contributed by atoms with Gasteiger partial charge in [-0.05, 0) is 44.1 Å². The number of allylic oxidation sites excluding steroid dienone is 3. The summed E-state index contributed by atoms with van der Waals surface area (Å²) in [6.45, 7) is 7.38. The molecule has 2 rings (SSSR count). The van der Waals surface area contributed by atoms with Crippen molar-refractivity contribution in [2.24, 2.45) is 5.41 Å². The van der Waals surface area contributed by atoms with Gasteiger partial charge in [-0.1, -0.05) is 19.1 Å². The van der Waals surface area contributed by atoms with Crippen molar-refractivity contribution in [1.82, 2.24) is 4.90 Å². The summed E-state index contributed by atoms with van der Waals surface area (Å²) in [5, 5.41) is 11.1. The maximum atomic E-state index is 11.1. The first-order valence-corrected chi connectivity index (χ1v) is 7.01. The number of likely N-dealkylation sites (tertiary alicyclic amines) is 1. The highest BCUT2D eigenvalue weighted by molar-refractivity contribution is 5.27. The van der Waals surface area contributed by atoms with Crippen LogP contribution >= 0.6 is 0 Å². The quantitative estimate of drug-likeness (QED) is 0.442. The Hall–Kier alpha value is -1.58. The van der Waals surface area contributed by atoms with Gasteiger partial charge in [-0.3, -0.25) is 10.1 Å². The van der Waals surface area contributed by atoms with E-state index in [0.29, 0.717) is 11.1 Å². The second-order valence-electron chi connectivity index (χ2n) is 5.57. The van der Waals surface area contributed by atoms with Gasteiger partial charge in [0.2, 0.25) is 0 Å². The molecule has 4 heteroatoms. The van der Waals surface area contributed by atoms with E-state index in [0.717, 1.165) is 25.9 Å². The van der Waals surface area contributed by atoms with Crippen molar-refractivity contribution in [3.05, 3.63) is 46.3 Å². The van der Waals surface area contributed by atoms with Gasteiger partial charge in [-0.25, -0.2) is 0 Å². The minimum absolute atomic E-state index is 0.155. The van der Waals surface area contributed by atoms with Crippen molar-refractivity contribution < 1.29 is 4.92 Å². The largest absolute Gasteiger partial charge is 0.366 e. The van der Waals surface area contributed by atoms with Crippen molar-refractivity contribution in [3.63, 3.8) is 0 Å². The average Bonchev–Trinajstić information content (AvgIpc) is 2.37. The van der Waals surface area contributed by atoms with Gasteiger partial charge in [0.1, 0.15) is 5.70 Å². The van der Waals surface area contributed by atoms with Gasteiger partial charge in [0.05, 0.1) is 4.92 Å². The highest BCUT2D eigenvalue weighted by Crippen LogP contribution is 2.49. The van der Waals surface area contributed by atoms with Gasteiger partial charge in [0.25, 0.3) is 5.70 Å². The normalized spacial score (nSPS) is 23.1. The molecule has 1 saturated carbocycles. The number of nitro groups is 1. The predicted octanol–water partition coefficient (Wildman–Crippen LogP) is 3.50. The SMILES string of the molecule is C=C/C(=C(\C=C/C)[N+](=O)[O-])N1CCC2(CCC2)CC1. The van der Waals surface area contributed by atoms with E-state index in [9.17, 15) is 10.1 Å². The third-order valence-corrected chi connectivity index (χ3v) is 4.56. The predicted molar refractivity (Wildman–Crippen MR) is 76.1 cm³/mol. The molecule has 2 aliphatic rings. The molecule has 1 saturated heterocycles. The molecule has 0 bridgehead atoms. The van der Waals surface area contributed by atoms with E-state index >= 15 is 0 Å². The molecular formula is C15H22N2O2. The molecule has 0 N–H and O–H groups in total. The highest BCUT2D eigenvalue weighted by Gasteiger charge is 2.40. The van der Waals surface area contributed by atoms with Crippen LogP contribution < -0.4 is 0 Å². The van der Waals surface area contributed by atoms with E-state index in [2.05, 4.69) is 11.5 Å². The minimum atomic E-state index is -0.315. The lowest BCUT2D eigenvalue weighted by atomic mass is 9.63. The molecule has 0 amide bonds. The molecule has 0 atom stereocenters. The molecule has 0 aromatic heterocycles. The summed E-state index contributed by atoms with van der Waals surface area (Å²) < 4.78 is 0. The first-order valence-electron chi connectivity index (χ1n) is 7.01. The number of hydrogen-bond acceptors (Lipinski definition) is 3. The summed E-state index contributed by atoms with van der Waals surface area (Å²) in [5.41, 5.74) is 1.37. The summed E-state index contributed by atoms with van der Waals surface area (Å²) in [4.78, 5) is 13.0. The maximum Gasteiger partial charge on any atom is 0.292 e. The van der Waals surface area contributed by atoms with Crippen LogP contribution in [-0.4, -0.2) is 22.9 Å². The lowest BCUT2D eigenvalue weighted by Gasteiger charge is -2.48. The number of hydrogen-bond donors (Lipinski definition) is 0. The van der Waals surface area contributed by atoms with E-state index in [1.807, 2.05) is 0 Å². The third kappa shape index (κ3) is 2.72. The van der Waals surface area contributed by atoms with E-state index in [1.165, 1.54) is 19.3 Å². The molecule has 1 aliphatic heterocycles. The topological polar surface area (TPSA) is 46.4 Å². The van der Waals surface area contributed by atoms with Gasteiger partial charge in [-0.2, -0.15) is 0 Å². The zero-order valence-electron chi connectivity index (χ0n) is 11.6. The number of rotatable bonds is 4. The summed E-state index contributed by atoms with van der Waals surface area (Å²) in [5.74, 6) is 0. The lowest BCUT2D eigenvalue weighted by Crippen LogP contribution is -2.43. The molecule has 0 aromatic carbocycles. The fourth-order valence-electron chi connectivity index (χ4n) is 3.19. The van der Waals surface area contributed by atoms with Crippen LogP contribution in [0.5, 0.6) is 0 Å². The van der Waals surface area contributed by atoms with Crippen LogP contribution in [-0.2, 0) is 0 Å². The lowest BCUT2D eigenvalue weighted by molar-refractivity contribution is -0.421. The molecule has 1 spiro atoms. The first kappa shape index (κ1) is 13.8. The van der Waals surface area contributed by atoms with Crippen molar-refractivity contribution in [2.45, 2.75) is 39.0 Å². The second-order valence-corrected chi connectivity index (χ2v) is 5.57. The zero-order valence-corrected chi connectivity index (χ0v) is 11.6. The van der Waals surface area contributed by atoms with Crippen molar-refractivity contribution >= 4 is 0 Å². The molecule has 4 nitrogen and oxygen atoms in total. The Kier molecular flexibility index (Phi) is 4.08. The van der Waals surface area contributed by atoms with Gasteiger partial charge in [0, 0.05) is 19.2 Å². The molecule has 0 radical (unpaired) electrons. The zero-order chi connectivity index (χ0) is 13.9. The second kappa shape index (κ2) is 5.59. The van der Waals surface area contributed by atoms with Crippen LogP contribution in [0, 0.1) is 15.5 Å². The maximum absolute atomic E-state index is 11.1. The third-order valence-electron chi connectivity index (χ3n) is 4.56. The monoisotopic (exact) mass is 262 g/mol. The van der Waals surface area contributed by atoms with Crippen LogP contribution in [0.2, 0.25) is 0 Å². The van der Waals surface area contributed by atoms with Gasteiger partial charge in [-0.15, -0.1) is 0 Å². The van der Waals surface area contributed by atoms with Crippen LogP contribution in [0.25, 0.3) is 0 Å². The van der Waals surface area contributed by atoms with Crippen LogP contribution in [0.4, 0.5) is 0 Å². The number of piperidine rings is 1. The Morgan fingerprint density at radius 1 is 1.32 bits per heavy atom. The van der Waals surface area contributed by atoms with Crippen LogP contribution in [0.1, 0.15) is 39.0 Å². The highest BCUT2D eigenvalue weighted by atomic mass is 16.6. The molecule has 19 heavy (non-hydrogen) atoms. The Labute approximate surface area is 114 Å². The fraction of sp³-hybridized carbons (Fsp3) is 0.600. The molecular weight excluding hydrogens is 240 g/mol. The Morgan fingerprint density at radius 2 is 1.95 bits per heavy atom. The molecule has 1 aliphatic carbocycles. The molecule has 104 valence electrons. The van der Waals surface area contributed by atoms with E-state index in [4.69, 9.17) is 0 Å². The van der Waals surface area contributed by atoms with E-state index in [1.54, 1.807) is 25.2 Å². The Morgan fingerprint density at radius 3 is 2.32 bits per heavy atom. The smallest absolute Gasteiger partial charge is 0.292 e. The summed E-state index contributed by atoms with van der Waals surface area (Å²) in [6.07, 6.45) is 11.2. The molecule has 1 heterocycles. The Balaban J connectivity index is 2.15. The van der Waals surface area contributed by atoms with Gasteiger partial charge in [0.15, 0.2) is 0 Å². The standard InChI is InChI=1S/C15H22N2O2/c1-3-6-14(17(18)19)13(4-2)16-11-9-15(10-12-16)7-5-8-15/h3-4,6H,2,5,7-12H2,1H3/b6-3-,14-13-. The van der Waals surface area contributed by atoms with Gasteiger partial charge < -0.3 is 4.90 Å². The van der Waals surface area contributed by atoms with Crippen molar-refractivity contribution in [1.29, 1.82) is 0 Å². The van der Waals surface area contributed by atoms with Crippen LogP contribution in [0.15, 0.2) is 36.2 Å². The van der Waals surface area contributed by atoms with E-state index in [-0.39, 0.29) is 10.6 Å². The van der Waals surface area contributed by atoms with Crippen molar-refractivity contribution in [2.75, 3.05) is 13.1 Å². The molecule has 0 unspecified atom stereocenters. The van der Waals surface area contributed by atoms with E-state index < -0.39 is 0 Å². The first-order chi connectivity index (χ1) is 9.12. The molecule has 2 fully saturated rings. The minimum Gasteiger partial charge on any atom is -0.366 e. The average molecular weight is 262 g/mol. The summed E-state index contributed by atoms with van der Waals surface area (Å²) in [7, 11) is 0. The Bertz CT molecular complexity index is 423.